The molecular formula is C17H25NO2S. The van der Waals surface area contributed by atoms with Gasteiger partial charge in [0.1, 0.15) is 0 Å². The van der Waals surface area contributed by atoms with Crippen LogP contribution >= 0.6 is 0 Å². The summed E-state index contributed by atoms with van der Waals surface area (Å²) in [5.74, 6) is 0.312. The largest absolute Gasteiger partial charge is 0.312 e. The van der Waals surface area contributed by atoms with Crippen molar-refractivity contribution in [2.75, 3.05) is 7.05 Å². The number of hydrogen-bond donors (Lipinski definition) is 1. The van der Waals surface area contributed by atoms with Gasteiger partial charge in [0.15, 0.2) is 9.84 Å². The summed E-state index contributed by atoms with van der Waals surface area (Å²) in [4.78, 5) is 0. The first-order chi connectivity index (χ1) is 10.1. The lowest BCUT2D eigenvalue weighted by Crippen LogP contribution is -2.43. The van der Waals surface area contributed by atoms with E-state index in [2.05, 4.69) is 24.4 Å². The molecule has 0 spiro atoms. The second-order valence-electron chi connectivity index (χ2n) is 6.57. The van der Waals surface area contributed by atoms with E-state index in [9.17, 15) is 8.42 Å². The molecule has 0 aromatic heterocycles. The van der Waals surface area contributed by atoms with Crippen molar-refractivity contribution in [3.8, 4) is 0 Å². The number of benzene rings is 1. The van der Waals surface area contributed by atoms with Crippen LogP contribution in [0.15, 0.2) is 24.3 Å². The van der Waals surface area contributed by atoms with Crippen LogP contribution < -0.4 is 5.32 Å². The molecule has 0 heterocycles. The Hall–Kier alpha value is -0.870. The molecule has 3 atom stereocenters. The molecule has 0 radical (unpaired) electrons. The molecule has 2 aliphatic rings. The quantitative estimate of drug-likeness (QED) is 0.933. The van der Waals surface area contributed by atoms with Gasteiger partial charge in [0, 0.05) is 6.04 Å². The molecular weight excluding hydrogens is 282 g/mol. The minimum Gasteiger partial charge on any atom is -0.312 e. The first-order valence-corrected chi connectivity index (χ1v) is 9.65. The van der Waals surface area contributed by atoms with Crippen molar-refractivity contribution < 1.29 is 8.42 Å². The van der Waals surface area contributed by atoms with Crippen LogP contribution in [-0.2, 0) is 9.84 Å². The van der Waals surface area contributed by atoms with E-state index >= 15 is 0 Å². The Kier molecular flexibility index (Phi) is 4.10. The van der Waals surface area contributed by atoms with E-state index < -0.39 is 9.84 Å². The Morgan fingerprint density at radius 3 is 2.33 bits per heavy atom. The van der Waals surface area contributed by atoms with Crippen LogP contribution in [0.1, 0.15) is 62.1 Å². The minimum absolute atomic E-state index is 0.0667. The zero-order valence-corrected chi connectivity index (χ0v) is 13.7. The van der Waals surface area contributed by atoms with Crippen molar-refractivity contribution in [3.63, 3.8) is 0 Å². The first-order valence-electron chi connectivity index (χ1n) is 8.04. The molecule has 1 aromatic carbocycles. The van der Waals surface area contributed by atoms with Crippen LogP contribution in [0.3, 0.4) is 0 Å². The van der Waals surface area contributed by atoms with Gasteiger partial charge in [-0.15, -0.1) is 0 Å². The molecule has 116 valence electrons. The smallest absolute Gasteiger partial charge is 0.157 e. The maximum absolute atomic E-state index is 13.1. The van der Waals surface area contributed by atoms with Crippen molar-refractivity contribution in [1.82, 2.24) is 5.32 Å². The fourth-order valence-electron chi connectivity index (χ4n) is 4.18. The van der Waals surface area contributed by atoms with Gasteiger partial charge in [0.05, 0.1) is 10.5 Å². The Morgan fingerprint density at radius 2 is 1.71 bits per heavy atom. The second kappa shape index (κ2) is 5.73. The zero-order chi connectivity index (χ0) is 15.0. The molecule has 0 saturated heterocycles. The first kappa shape index (κ1) is 15.0. The van der Waals surface area contributed by atoms with Gasteiger partial charge in [-0.2, -0.15) is 0 Å². The molecule has 1 aromatic rings. The van der Waals surface area contributed by atoms with Crippen LogP contribution in [0.5, 0.6) is 0 Å². The van der Waals surface area contributed by atoms with Gasteiger partial charge in [0.25, 0.3) is 0 Å². The highest BCUT2D eigenvalue weighted by atomic mass is 32.2. The third-order valence-corrected chi connectivity index (χ3v) is 8.03. The number of fused-ring (bicyclic) bond motifs is 1. The van der Waals surface area contributed by atoms with Gasteiger partial charge in [-0.1, -0.05) is 44.0 Å². The summed E-state index contributed by atoms with van der Waals surface area (Å²) in [6, 6.07) is 8.23. The van der Waals surface area contributed by atoms with Crippen LogP contribution in [0.25, 0.3) is 0 Å². The summed E-state index contributed by atoms with van der Waals surface area (Å²) >= 11 is 0. The predicted octanol–water partition coefficient (Wildman–Crippen LogP) is 3.18. The highest BCUT2D eigenvalue weighted by Gasteiger charge is 2.44. The SMILES string of the molecule is CNC1c2ccccc2C(C)CC1S(=O)(=O)C1CCCC1. The fraction of sp³-hybridized carbons (Fsp3) is 0.647. The number of rotatable bonds is 3. The molecule has 0 amide bonds. The summed E-state index contributed by atoms with van der Waals surface area (Å²) in [5.41, 5.74) is 2.47. The maximum Gasteiger partial charge on any atom is 0.157 e. The van der Waals surface area contributed by atoms with Gasteiger partial charge in [0.2, 0.25) is 0 Å². The highest BCUT2D eigenvalue weighted by Crippen LogP contribution is 2.43. The number of sulfone groups is 1. The molecule has 0 aliphatic heterocycles. The van der Waals surface area contributed by atoms with Crippen molar-refractivity contribution in [2.24, 2.45) is 0 Å². The Labute approximate surface area is 128 Å². The Bertz CT molecular complexity index is 605. The summed E-state index contributed by atoms with van der Waals surface area (Å²) in [6.45, 7) is 2.15. The van der Waals surface area contributed by atoms with Gasteiger partial charge in [-0.25, -0.2) is 8.42 Å². The predicted molar refractivity (Wildman–Crippen MR) is 86.2 cm³/mol. The molecule has 1 saturated carbocycles. The molecule has 3 nitrogen and oxygen atoms in total. The fourth-order valence-corrected chi connectivity index (χ4v) is 6.89. The minimum atomic E-state index is -3.06. The van der Waals surface area contributed by atoms with Gasteiger partial charge in [-0.05, 0) is 43.4 Å². The van der Waals surface area contributed by atoms with E-state index in [1.165, 1.54) is 11.1 Å². The van der Waals surface area contributed by atoms with E-state index in [0.29, 0.717) is 5.92 Å². The molecule has 0 bridgehead atoms. The summed E-state index contributed by atoms with van der Waals surface area (Å²) in [7, 11) is -1.18. The van der Waals surface area contributed by atoms with Crippen LogP contribution in [-0.4, -0.2) is 26.0 Å². The van der Waals surface area contributed by atoms with E-state index in [4.69, 9.17) is 0 Å². The third kappa shape index (κ3) is 2.53. The van der Waals surface area contributed by atoms with Crippen molar-refractivity contribution in [2.45, 2.75) is 61.5 Å². The van der Waals surface area contributed by atoms with Crippen LogP contribution in [0, 0.1) is 0 Å². The maximum atomic E-state index is 13.1. The summed E-state index contributed by atoms with van der Waals surface area (Å²) < 4.78 is 26.1. The Balaban J connectivity index is 2.00. The summed E-state index contributed by atoms with van der Waals surface area (Å²) in [5, 5.41) is 2.88. The van der Waals surface area contributed by atoms with E-state index in [1.807, 2.05) is 19.2 Å². The lowest BCUT2D eigenvalue weighted by atomic mass is 9.81. The Morgan fingerprint density at radius 1 is 1.10 bits per heavy atom. The molecule has 1 N–H and O–H groups in total. The van der Waals surface area contributed by atoms with Crippen LogP contribution in [0.4, 0.5) is 0 Å². The van der Waals surface area contributed by atoms with E-state index in [-0.39, 0.29) is 16.5 Å². The van der Waals surface area contributed by atoms with Crippen molar-refractivity contribution >= 4 is 9.84 Å². The molecule has 3 unspecified atom stereocenters. The molecule has 3 rings (SSSR count). The molecule has 4 heteroatoms. The second-order valence-corrected chi connectivity index (χ2v) is 9.02. The standard InChI is InChI=1S/C17H25NO2S/c1-12-11-16(21(19,20)13-7-3-4-8-13)17(18-2)15-10-6-5-9-14(12)15/h5-6,9-10,12-13,16-18H,3-4,7-8,11H2,1-2H3. The van der Waals surface area contributed by atoms with Gasteiger partial charge >= 0.3 is 0 Å². The monoisotopic (exact) mass is 307 g/mol. The molecule has 21 heavy (non-hydrogen) atoms. The van der Waals surface area contributed by atoms with Gasteiger partial charge < -0.3 is 5.32 Å². The zero-order valence-electron chi connectivity index (χ0n) is 12.9. The molecule has 2 aliphatic carbocycles. The number of nitrogens with one attached hydrogen (secondary N) is 1. The summed E-state index contributed by atoms with van der Waals surface area (Å²) in [6.07, 6.45) is 4.57. The average Bonchev–Trinajstić information content (AvgIpc) is 3.02. The lowest BCUT2D eigenvalue weighted by molar-refractivity contribution is 0.441. The van der Waals surface area contributed by atoms with Crippen LogP contribution in [0.2, 0.25) is 0 Å². The van der Waals surface area contributed by atoms with E-state index in [0.717, 1.165) is 32.1 Å². The topological polar surface area (TPSA) is 46.2 Å². The van der Waals surface area contributed by atoms with Gasteiger partial charge in [-0.3, -0.25) is 0 Å². The normalized spacial score (nSPS) is 30.3. The van der Waals surface area contributed by atoms with Crippen molar-refractivity contribution in [1.29, 1.82) is 0 Å². The highest BCUT2D eigenvalue weighted by molar-refractivity contribution is 7.92. The van der Waals surface area contributed by atoms with E-state index in [1.54, 1.807) is 0 Å². The molecule has 1 fully saturated rings. The lowest BCUT2D eigenvalue weighted by Gasteiger charge is -2.37. The van der Waals surface area contributed by atoms with Crippen molar-refractivity contribution in [3.05, 3.63) is 35.4 Å². The number of hydrogen-bond acceptors (Lipinski definition) is 3. The average molecular weight is 307 g/mol. The third-order valence-electron chi connectivity index (χ3n) is 5.32.